The third-order valence-electron chi connectivity index (χ3n) is 3.99. The summed E-state index contributed by atoms with van der Waals surface area (Å²) in [4.78, 5) is 14.4. The summed E-state index contributed by atoms with van der Waals surface area (Å²) in [5, 5.41) is 18.3. The van der Waals surface area contributed by atoms with Crippen molar-refractivity contribution in [1.29, 1.82) is 0 Å². The van der Waals surface area contributed by atoms with Crippen LogP contribution in [-0.4, -0.2) is 38.7 Å². The normalized spacial score (nSPS) is 21.3. The highest BCUT2D eigenvalue weighted by Crippen LogP contribution is 2.16. The molecule has 2 atom stereocenters. The molecule has 1 fully saturated rings. The van der Waals surface area contributed by atoms with E-state index < -0.39 is 4.92 Å². The Kier molecular flexibility index (Phi) is 4.16. The number of rotatable bonds is 6. The number of nitrogens with zero attached hydrogens (tertiary/aromatic N) is 4. The number of hydrazine groups is 1. The van der Waals surface area contributed by atoms with Crippen molar-refractivity contribution in [3.8, 4) is 0 Å². The Bertz CT molecular complexity index is 671. The van der Waals surface area contributed by atoms with Crippen LogP contribution in [0.3, 0.4) is 0 Å². The maximum atomic E-state index is 10.9. The summed E-state index contributed by atoms with van der Waals surface area (Å²) < 4.78 is 1.25. The molecular weight excluding hydrogens is 286 g/mol. The molecule has 0 spiro atoms. The summed E-state index contributed by atoms with van der Waals surface area (Å²) in [6, 6.07) is 3.99. The minimum atomic E-state index is -0.488. The molecule has 2 aromatic heterocycles. The van der Waals surface area contributed by atoms with Gasteiger partial charge in [0.05, 0.1) is 0 Å². The van der Waals surface area contributed by atoms with Crippen LogP contribution in [0.5, 0.6) is 0 Å². The van der Waals surface area contributed by atoms with Crippen molar-refractivity contribution in [3.63, 3.8) is 0 Å². The second kappa shape index (κ2) is 6.24. The first-order chi connectivity index (χ1) is 10.6. The van der Waals surface area contributed by atoms with Gasteiger partial charge in [0.25, 0.3) is 0 Å². The van der Waals surface area contributed by atoms with E-state index in [2.05, 4.69) is 33.2 Å². The quantitative estimate of drug-likeness (QED) is 0.414. The van der Waals surface area contributed by atoms with Gasteiger partial charge in [0.15, 0.2) is 5.82 Å². The van der Waals surface area contributed by atoms with E-state index in [1.165, 1.54) is 10.7 Å². The average molecular weight is 305 g/mol. The molecule has 3 heterocycles. The van der Waals surface area contributed by atoms with Crippen molar-refractivity contribution in [3.05, 3.63) is 28.4 Å². The molecule has 2 unspecified atom stereocenters. The Morgan fingerprint density at radius 3 is 3.14 bits per heavy atom. The van der Waals surface area contributed by atoms with Gasteiger partial charge in [-0.1, -0.05) is 9.61 Å². The topological polar surface area (TPSA) is 109 Å². The van der Waals surface area contributed by atoms with E-state index in [1.54, 1.807) is 12.1 Å². The molecule has 9 nitrogen and oxygen atoms in total. The minimum absolute atomic E-state index is 0.129. The Balaban J connectivity index is 1.57. The fourth-order valence-corrected chi connectivity index (χ4v) is 2.66. The van der Waals surface area contributed by atoms with Gasteiger partial charge in [-0.3, -0.25) is 10.9 Å². The molecule has 3 rings (SSSR count). The fraction of sp³-hybridized carbons (Fsp3) is 0.538. The van der Waals surface area contributed by atoms with Crippen LogP contribution >= 0.6 is 0 Å². The summed E-state index contributed by atoms with van der Waals surface area (Å²) in [6.45, 7) is 3.95. The standard InChI is InChI=1S/C13H19N7O2/c1-9-10(7-16-17-9)3-2-6-14-11-4-5-12-15-8-13(20(21)22)19(12)18-11/h4-5,8-10,16-17H,2-3,6-7H2,1H3,(H,14,18). The third kappa shape index (κ3) is 3.00. The molecule has 1 aliphatic rings. The lowest BCUT2D eigenvalue weighted by atomic mass is 9.98. The molecule has 0 amide bonds. The SMILES string of the molecule is CC1NNCC1CCCNc1ccc2ncc([N+](=O)[O-])n2n1. The summed E-state index contributed by atoms with van der Waals surface area (Å²) in [7, 11) is 0. The number of anilines is 1. The average Bonchev–Trinajstić information content (AvgIpc) is 3.09. The molecule has 118 valence electrons. The maximum Gasteiger partial charge on any atom is 0.368 e. The lowest BCUT2D eigenvalue weighted by molar-refractivity contribution is -0.391. The molecule has 1 saturated heterocycles. The van der Waals surface area contributed by atoms with Crippen LogP contribution in [0, 0.1) is 16.0 Å². The first-order valence-electron chi connectivity index (χ1n) is 7.36. The molecule has 0 bridgehead atoms. The van der Waals surface area contributed by atoms with Gasteiger partial charge in [-0.25, -0.2) is 4.98 Å². The van der Waals surface area contributed by atoms with Crippen LogP contribution in [-0.2, 0) is 0 Å². The lowest BCUT2D eigenvalue weighted by Crippen LogP contribution is -2.28. The molecule has 22 heavy (non-hydrogen) atoms. The van der Waals surface area contributed by atoms with Crippen molar-refractivity contribution >= 4 is 17.3 Å². The van der Waals surface area contributed by atoms with Crippen molar-refractivity contribution in [1.82, 2.24) is 25.4 Å². The second-order valence-electron chi connectivity index (χ2n) is 5.51. The van der Waals surface area contributed by atoms with Gasteiger partial charge in [0.1, 0.15) is 6.20 Å². The predicted octanol–water partition coefficient (Wildman–Crippen LogP) is 0.942. The molecule has 9 heteroatoms. The van der Waals surface area contributed by atoms with Gasteiger partial charge in [0.2, 0.25) is 5.65 Å². The second-order valence-corrected chi connectivity index (χ2v) is 5.51. The van der Waals surface area contributed by atoms with Crippen LogP contribution in [0.15, 0.2) is 18.3 Å². The lowest BCUT2D eigenvalue weighted by Gasteiger charge is -2.13. The zero-order valence-corrected chi connectivity index (χ0v) is 12.3. The van der Waals surface area contributed by atoms with Crippen molar-refractivity contribution in [2.75, 3.05) is 18.4 Å². The molecule has 3 N–H and O–H groups in total. The van der Waals surface area contributed by atoms with Crippen molar-refractivity contribution in [2.24, 2.45) is 5.92 Å². The highest BCUT2D eigenvalue weighted by atomic mass is 16.6. The summed E-state index contributed by atoms with van der Waals surface area (Å²) >= 11 is 0. The summed E-state index contributed by atoms with van der Waals surface area (Å²) in [5.41, 5.74) is 6.83. The number of fused-ring (bicyclic) bond motifs is 1. The molecular formula is C13H19N7O2. The van der Waals surface area contributed by atoms with Crippen LogP contribution in [0.1, 0.15) is 19.8 Å². The smallest absolute Gasteiger partial charge is 0.367 e. The number of nitrogens with one attached hydrogen (secondary N) is 3. The van der Waals surface area contributed by atoms with Gasteiger partial charge >= 0.3 is 5.82 Å². The van der Waals surface area contributed by atoms with Crippen LogP contribution < -0.4 is 16.2 Å². The maximum absolute atomic E-state index is 10.9. The largest absolute Gasteiger partial charge is 0.368 e. The third-order valence-corrected chi connectivity index (χ3v) is 3.99. The molecule has 0 aliphatic carbocycles. The van der Waals surface area contributed by atoms with Gasteiger partial charge in [-0.05, 0) is 36.7 Å². The predicted molar refractivity (Wildman–Crippen MR) is 81.5 cm³/mol. The van der Waals surface area contributed by atoms with E-state index >= 15 is 0 Å². The van der Waals surface area contributed by atoms with Gasteiger partial charge in [-0.15, -0.1) is 0 Å². The van der Waals surface area contributed by atoms with E-state index in [-0.39, 0.29) is 5.82 Å². The number of hydrogen-bond acceptors (Lipinski definition) is 7. The van der Waals surface area contributed by atoms with Crippen LogP contribution in [0.25, 0.3) is 5.65 Å². The zero-order valence-electron chi connectivity index (χ0n) is 12.3. The zero-order chi connectivity index (χ0) is 15.5. The number of imidazole rings is 1. The highest BCUT2D eigenvalue weighted by molar-refractivity contribution is 5.48. The number of nitro groups is 1. The Morgan fingerprint density at radius 2 is 2.41 bits per heavy atom. The summed E-state index contributed by atoms with van der Waals surface area (Å²) in [6.07, 6.45) is 3.35. The molecule has 0 aromatic carbocycles. The first kappa shape index (κ1) is 14.7. The Morgan fingerprint density at radius 1 is 1.55 bits per heavy atom. The van der Waals surface area contributed by atoms with Gasteiger partial charge in [-0.2, -0.15) is 0 Å². The van der Waals surface area contributed by atoms with E-state index in [9.17, 15) is 10.1 Å². The van der Waals surface area contributed by atoms with E-state index in [0.717, 1.165) is 25.9 Å². The molecule has 1 aliphatic heterocycles. The van der Waals surface area contributed by atoms with Crippen molar-refractivity contribution < 1.29 is 4.92 Å². The Labute approximate surface area is 127 Å². The molecule has 0 saturated carbocycles. The Hall–Kier alpha value is -2.26. The molecule has 2 aromatic rings. The minimum Gasteiger partial charge on any atom is -0.367 e. The number of hydrogen-bond donors (Lipinski definition) is 3. The highest BCUT2D eigenvalue weighted by Gasteiger charge is 2.21. The van der Waals surface area contributed by atoms with Crippen LogP contribution in [0.4, 0.5) is 11.6 Å². The fourth-order valence-electron chi connectivity index (χ4n) is 2.66. The summed E-state index contributed by atoms with van der Waals surface area (Å²) in [5.74, 6) is 1.12. The first-order valence-corrected chi connectivity index (χ1v) is 7.36. The van der Waals surface area contributed by atoms with E-state index in [4.69, 9.17) is 0 Å². The van der Waals surface area contributed by atoms with Gasteiger partial charge < -0.3 is 15.4 Å². The van der Waals surface area contributed by atoms with Gasteiger partial charge in [0, 0.05) is 25.2 Å². The van der Waals surface area contributed by atoms with E-state index in [1.807, 2.05) is 0 Å². The number of aromatic nitrogens is 3. The molecule has 0 radical (unpaired) electrons. The van der Waals surface area contributed by atoms with Crippen LogP contribution in [0.2, 0.25) is 0 Å². The van der Waals surface area contributed by atoms with E-state index in [0.29, 0.717) is 23.4 Å². The van der Waals surface area contributed by atoms with Crippen molar-refractivity contribution in [2.45, 2.75) is 25.8 Å². The monoisotopic (exact) mass is 305 g/mol.